The van der Waals surface area contributed by atoms with Gasteiger partial charge in [-0.1, -0.05) is 24.3 Å². The molecule has 1 aromatic rings. The predicted molar refractivity (Wildman–Crippen MR) is 94.6 cm³/mol. The third kappa shape index (κ3) is 3.11. The van der Waals surface area contributed by atoms with E-state index in [9.17, 15) is 4.79 Å². The first-order valence-corrected chi connectivity index (χ1v) is 9.59. The van der Waals surface area contributed by atoms with Crippen molar-refractivity contribution < 1.29 is 9.53 Å². The van der Waals surface area contributed by atoms with Gasteiger partial charge >= 0.3 is 0 Å². The maximum absolute atomic E-state index is 10.7. The normalized spacial score (nSPS) is 33.8. The van der Waals surface area contributed by atoms with Gasteiger partial charge in [-0.05, 0) is 85.7 Å². The molecule has 0 spiro atoms. The molecule has 0 saturated heterocycles. The van der Waals surface area contributed by atoms with Gasteiger partial charge in [-0.25, -0.2) is 0 Å². The summed E-state index contributed by atoms with van der Waals surface area (Å²) in [6.07, 6.45) is 10.7. The van der Waals surface area contributed by atoms with E-state index in [-0.39, 0.29) is 12.5 Å². The van der Waals surface area contributed by atoms with Gasteiger partial charge in [-0.3, -0.25) is 4.79 Å². The van der Waals surface area contributed by atoms with E-state index in [4.69, 9.17) is 10.5 Å². The molecule has 130 valence electrons. The van der Waals surface area contributed by atoms with E-state index in [1.165, 1.54) is 44.1 Å². The number of benzene rings is 1. The van der Waals surface area contributed by atoms with Crippen LogP contribution in [0.2, 0.25) is 0 Å². The molecule has 2 N–H and O–H groups in total. The summed E-state index contributed by atoms with van der Waals surface area (Å²) in [7, 11) is 0. The minimum absolute atomic E-state index is 0.0383. The van der Waals surface area contributed by atoms with Crippen LogP contribution in [0.25, 0.3) is 0 Å². The molecule has 3 nitrogen and oxygen atoms in total. The summed E-state index contributed by atoms with van der Waals surface area (Å²) >= 11 is 0. The Morgan fingerprint density at radius 3 is 2.33 bits per heavy atom. The standard InChI is InChI=1S/C21H29NO2/c22-20(23)14-24-7-3-5-18-4-1-2-6-19(18)21-11-15-8-16(12-21)10-17(9-15)13-21/h1-2,4,6,15-17H,3,5,7-14H2,(H2,22,23). The van der Waals surface area contributed by atoms with Gasteiger partial charge < -0.3 is 10.5 Å². The first kappa shape index (κ1) is 16.1. The molecule has 24 heavy (non-hydrogen) atoms. The van der Waals surface area contributed by atoms with E-state index in [2.05, 4.69) is 24.3 Å². The molecular weight excluding hydrogens is 298 g/mol. The van der Waals surface area contributed by atoms with Gasteiger partial charge in [0.15, 0.2) is 0 Å². The Morgan fingerprint density at radius 1 is 1.08 bits per heavy atom. The summed E-state index contributed by atoms with van der Waals surface area (Å²) in [5, 5.41) is 0. The Balaban J connectivity index is 1.47. The highest BCUT2D eigenvalue weighted by Gasteiger charge is 2.51. The molecule has 0 radical (unpaired) electrons. The smallest absolute Gasteiger partial charge is 0.243 e. The summed E-state index contributed by atoms with van der Waals surface area (Å²) in [4.78, 5) is 10.7. The average Bonchev–Trinajstić information content (AvgIpc) is 2.53. The van der Waals surface area contributed by atoms with Gasteiger partial charge in [0.05, 0.1) is 0 Å². The van der Waals surface area contributed by atoms with Gasteiger partial charge in [0, 0.05) is 6.61 Å². The second-order valence-corrected chi connectivity index (χ2v) is 8.48. The maximum atomic E-state index is 10.7. The SMILES string of the molecule is NC(=O)COCCCc1ccccc1C12CC3CC(CC(C3)C1)C2. The molecule has 0 heterocycles. The second kappa shape index (κ2) is 6.51. The molecule has 1 amide bonds. The van der Waals surface area contributed by atoms with Crippen molar-refractivity contribution in [1.29, 1.82) is 0 Å². The van der Waals surface area contributed by atoms with Crippen molar-refractivity contribution in [2.75, 3.05) is 13.2 Å². The molecule has 0 atom stereocenters. The molecule has 4 bridgehead atoms. The molecule has 3 heteroatoms. The van der Waals surface area contributed by atoms with Crippen molar-refractivity contribution >= 4 is 5.91 Å². The zero-order chi connectivity index (χ0) is 16.6. The summed E-state index contributed by atoms with van der Waals surface area (Å²) < 4.78 is 5.33. The first-order chi connectivity index (χ1) is 11.6. The number of ether oxygens (including phenoxy) is 1. The van der Waals surface area contributed by atoms with Crippen molar-refractivity contribution in [3.8, 4) is 0 Å². The highest BCUT2D eigenvalue weighted by molar-refractivity contribution is 5.74. The number of aryl methyl sites for hydroxylation is 1. The minimum Gasteiger partial charge on any atom is -0.372 e. The zero-order valence-corrected chi connectivity index (χ0v) is 14.5. The molecule has 4 aliphatic carbocycles. The fourth-order valence-electron chi connectivity index (χ4n) is 6.23. The Kier molecular flexibility index (Phi) is 4.38. The number of hydrogen-bond acceptors (Lipinski definition) is 2. The van der Waals surface area contributed by atoms with Crippen molar-refractivity contribution in [3.63, 3.8) is 0 Å². The van der Waals surface area contributed by atoms with Crippen molar-refractivity contribution in [2.45, 2.75) is 56.8 Å². The van der Waals surface area contributed by atoms with Gasteiger partial charge in [-0.2, -0.15) is 0 Å². The largest absolute Gasteiger partial charge is 0.372 e. The zero-order valence-electron chi connectivity index (χ0n) is 14.5. The summed E-state index contributed by atoms with van der Waals surface area (Å²) in [5.74, 6) is 2.54. The van der Waals surface area contributed by atoms with Crippen LogP contribution < -0.4 is 5.73 Å². The lowest BCUT2D eigenvalue weighted by atomic mass is 9.47. The van der Waals surface area contributed by atoms with Gasteiger partial charge in [-0.15, -0.1) is 0 Å². The fourth-order valence-corrected chi connectivity index (χ4v) is 6.23. The number of carbonyl (C=O) groups is 1. The van der Waals surface area contributed by atoms with Crippen LogP contribution in [0.5, 0.6) is 0 Å². The van der Waals surface area contributed by atoms with Crippen LogP contribution in [0, 0.1) is 17.8 Å². The third-order valence-corrected chi connectivity index (χ3v) is 6.61. The van der Waals surface area contributed by atoms with E-state index in [1.807, 2.05) is 0 Å². The first-order valence-electron chi connectivity index (χ1n) is 9.59. The average molecular weight is 327 g/mol. The van der Waals surface area contributed by atoms with Crippen LogP contribution in [-0.4, -0.2) is 19.1 Å². The quantitative estimate of drug-likeness (QED) is 0.778. The maximum Gasteiger partial charge on any atom is 0.243 e. The van der Waals surface area contributed by atoms with E-state index >= 15 is 0 Å². The lowest BCUT2D eigenvalue weighted by molar-refractivity contribution is -0.122. The van der Waals surface area contributed by atoms with Gasteiger partial charge in [0.2, 0.25) is 5.91 Å². The number of nitrogens with two attached hydrogens (primary N) is 1. The van der Waals surface area contributed by atoms with Gasteiger partial charge in [0.25, 0.3) is 0 Å². The highest BCUT2D eigenvalue weighted by Crippen LogP contribution is 2.61. The Hall–Kier alpha value is -1.35. The number of primary amides is 1. The minimum atomic E-state index is -0.385. The lowest BCUT2D eigenvalue weighted by Gasteiger charge is -2.57. The summed E-state index contributed by atoms with van der Waals surface area (Å²) in [5.41, 5.74) is 8.70. The molecule has 0 aliphatic heterocycles. The Bertz CT molecular complexity index is 574. The number of amides is 1. The van der Waals surface area contributed by atoms with Crippen LogP contribution in [-0.2, 0) is 21.4 Å². The van der Waals surface area contributed by atoms with Crippen LogP contribution in [0.15, 0.2) is 24.3 Å². The molecule has 4 aliphatic rings. The van der Waals surface area contributed by atoms with Crippen LogP contribution in [0.3, 0.4) is 0 Å². The van der Waals surface area contributed by atoms with Crippen molar-refractivity contribution in [2.24, 2.45) is 23.5 Å². The highest BCUT2D eigenvalue weighted by atomic mass is 16.5. The molecule has 4 saturated carbocycles. The number of carbonyl (C=O) groups excluding carboxylic acids is 1. The Morgan fingerprint density at radius 2 is 1.71 bits per heavy atom. The van der Waals surface area contributed by atoms with Crippen molar-refractivity contribution in [1.82, 2.24) is 0 Å². The monoisotopic (exact) mass is 327 g/mol. The van der Waals surface area contributed by atoms with Gasteiger partial charge in [0.1, 0.15) is 6.61 Å². The van der Waals surface area contributed by atoms with Crippen molar-refractivity contribution in [3.05, 3.63) is 35.4 Å². The predicted octanol–water partition coefficient (Wildman–Crippen LogP) is 3.59. The van der Waals surface area contributed by atoms with Crippen LogP contribution in [0.1, 0.15) is 56.1 Å². The summed E-state index contributed by atoms with van der Waals surface area (Å²) in [6.45, 7) is 0.648. The van der Waals surface area contributed by atoms with E-state index < -0.39 is 0 Å². The lowest BCUT2D eigenvalue weighted by Crippen LogP contribution is -2.48. The molecule has 5 rings (SSSR count). The molecule has 0 aromatic heterocycles. The van der Waals surface area contributed by atoms with Crippen LogP contribution >= 0.6 is 0 Å². The van der Waals surface area contributed by atoms with Crippen LogP contribution in [0.4, 0.5) is 0 Å². The second-order valence-electron chi connectivity index (χ2n) is 8.48. The fraction of sp³-hybridized carbons (Fsp3) is 0.667. The Labute approximate surface area is 145 Å². The molecular formula is C21H29NO2. The third-order valence-electron chi connectivity index (χ3n) is 6.61. The molecule has 4 fully saturated rings. The topological polar surface area (TPSA) is 52.3 Å². The molecule has 1 aromatic carbocycles. The van der Waals surface area contributed by atoms with E-state index in [1.54, 1.807) is 5.56 Å². The van der Waals surface area contributed by atoms with E-state index in [0.717, 1.165) is 30.6 Å². The van der Waals surface area contributed by atoms with E-state index in [0.29, 0.717) is 12.0 Å². The number of hydrogen-bond donors (Lipinski definition) is 1. The molecule has 0 unspecified atom stereocenters. The number of rotatable bonds is 7. The summed E-state index contributed by atoms with van der Waals surface area (Å²) in [6, 6.07) is 9.10.